The molecule has 3 rings (SSSR count). The van der Waals surface area contributed by atoms with Crippen molar-refractivity contribution in [3.05, 3.63) is 29.3 Å². The Bertz CT molecular complexity index is 568. The Hall–Kier alpha value is -1.07. The molecule has 1 N–H and O–H groups in total. The maximum absolute atomic E-state index is 11.4. The quantitative estimate of drug-likeness (QED) is 0.899. The molecule has 0 radical (unpaired) electrons. The number of benzene rings is 1. The fourth-order valence-corrected chi connectivity index (χ4v) is 4.67. The summed E-state index contributed by atoms with van der Waals surface area (Å²) in [5.41, 5.74) is 2.52. The third-order valence-corrected chi connectivity index (χ3v) is 5.68. The Morgan fingerprint density at radius 1 is 1.37 bits per heavy atom. The summed E-state index contributed by atoms with van der Waals surface area (Å²) in [6, 6.07) is 6.28. The first-order chi connectivity index (χ1) is 9.12. The van der Waals surface area contributed by atoms with Crippen LogP contribution in [-0.4, -0.2) is 33.1 Å². The standard InChI is InChI=1S/C14H19NO3S/c16-19(17)6-4-12(10-19)9-15-8-11-1-2-14-13(7-11)3-5-18-14/h1-2,7,12,15H,3-6,8-10H2. The number of ether oxygens (including phenoxy) is 1. The van der Waals surface area contributed by atoms with E-state index in [1.165, 1.54) is 11.1 Å². The molecule has 1 atom stereocenters. The molecule has 1 aromatic carbocycles. The fraction of sp³-hybridized carbons (Fsp3) is 0.571. The second-order valence-corrected chi connectivity index (χ2v) is 7.67. The summed E-state index contributed by atoms with van der Waals surface area (Å²) in [5, 5.41) is 3.37. The molecule has 0 bridgehead atoms. The molecule has 0 amide bonds. The highest BCUT2D eigenvalue weighted by atomic mass is 32.2. The highest BCUT2D eigenvalue weighted by molar-refractivity contribution is 7.91. The first kappa shape index (κ1) is 12.9. The van der Waals surface area contributed by atoms with E-state index in [1.807, 2.05) is 6.07 Å². The smallest absolute Gasteiger partial charge is 0.150 e. The Morgan fingerprint density at radius 3 is 3.05 bits per heavy atom. The van der Waals surface area contributed by atoms with Gasteiger partial charge in [0.05, 0.1) is 18.1 Å². The molecule has 0 saturated carbocycles. The van der Waals surface area contributed by atoms with Crippen molar-refractivity contribution in [2.75, 3.05) is 24.7 Å². The lowest BCUT2D eigenvalue weighted by Crippen LogP contribution is -2.23. The van der Waals surface area contributed by atoms with Gasteiger partial charge in [-0.1, -0.05) is 12.1 Å². The number of sulfone groups is 1. The third-order valence-electron chi connectivity index (χ3n) is 3.84. The van der Waals surface area contributed by atoms with E-state index in [0.717, 1.165) is 38.3 Å². The largest absolute Gasteiger partial charge is 0.493 e. The van der Waals surface area contributed by atoms with Gasteiger partial charge in [-0.15, -0.1) is 0 Å². The van der Waals surface area contributed by atoms with E-state index in [-0.39, 0.29) is 5.92 Å². The SMILES string of the molecule is O=S1(=O)CCC(CNCc2ccc3c(c2)CCO3)C1. The Kier molecular flexibility index (Phi) is 3.50. The lowest BCUT2D eigenvalue weighted by atomic mass is 10.1. The molecule has 5 heteroatoms. The van der Waals surface area contributed by atoms with Crippen molar-refractivity contribution in [2.45, 2.75) is 19.4 Å². The van der Waals surface area contributed by atoms with Crippen LogP contribution in [0.1, 0.15) is 17.5 Å². The van der Waals surface area contributed by atoms with Gasteiger partial charge in [0.25, 0.3) is 0 Å². The lowest BCUT2D eigenvalue weighted by Gasteiger charge is -2.10. The van der Waals surface area contributed by atoms with Gasteiger partial charge in [-0.3, -0.25) is 0 Å². The van der Waals surface area contributed by atoms with Crippen molar-refractivity contribution in [2.24, 2.45) is 5.92 Å². The molecular weight excluding hydrogens is 262 g/mol. The minimum atomic E-state index is -2.76. The number of hydrogen-bond acceptors (Lipinski definition) is 4. The normalized spacial score (nSPS) is 24.1. The average molecular weight is 281 g/mol. The van der Waals surface area contributed by atoms with Crippen molar-refractivity contribution >= 4 is 9.84 Å². The van der Waals surface area contributed by atoms with Crippen molar-refractivity contribution in [3.8, 4) is 5.75 Å². The summed E-state index contributed by atoms with van der Waals surface area (Å²) in [5.74, 6) is 1.99. The summed E-state index contributed by atoms with van der Waals surface area (Å²) in [6.07, 6.45) is 1.79. The minimum absolute atomic E-state index is 0.280. The Morgan fingerprint density at radius 2 is 2.26 bits per heavy atom. The molecule has 0 aliphatic carbocycles. The van der Waals surface area contributed by atoms with Crippen LogP contribution in [0.15, 0.2) is 18.2 Å². The zero-order chi connectivity index (χ0) is 13.3. The van der Waals surface area contributed by atoms with Crippen LogP contribution >= 0.6 is 0 Å². The van der Waals surface area contributed by atoms with Crippen LogP contribution in [0.5, 0.6) is 5.75 Å². The molecular formula is C14H19NO3S. The van der Waals surface area contributed by atoms with Gasteiger partial charge < -0.3 is 10.1 Å². The summed E-state index contributed by atoms with van der Waals surface area (Å²) >= 11 is 0. The van der Waals surface area contributed by atoms with Gasteiger partial charge in [-0.25, -0.2) is 8.42 Å². The Balaban J connectivity index is 1.50. The van der Waals surface area contributed by atoms with Crippen molar-refractivity contribution in [1.29, 1.82) is 0 Å². The molecule has 2 aliphatic rings. The molecule has 19 heavy (non-hydrogen) atoms. The highest BCUT2D eigenvalue weighted by Gasteiger charge is 2.27. The molecule has 2 aliphatic heterocycles. The molecule has 1 saturated heterocycles. The van der Waals surface area contributed by atoms with E-state index in [4.69, 9.17) is 4.74 Å². The molecule has 4 nitrogen and oxygen atoms in total. The second-order valence-electron chi connectivity index (χ2n) is 5.44. The highest BCUT2D eigenvalue weighted by Crippen LogP contribution is 2.25. The van der Waals surface area contributed by atoms with Crippen LogP contribution < -0.4 is 10.1 Å². The predicted molar refractivity (Wildman–Crippen MR) is 74.1 cm³/mol. The monoisotopic (exact) mass is 281 g/mol. The second kappa shape index (κ2) is 5.13. The number of hydrogen-bond donors (Lipinski definition) is 1. The van der Waals surface area contributed by atoms with Gasteiger partial charge in [0.15, 0.2) is 9.84 Å². The molecule has 1 fully saturated rings. The van der Waals surface area contributed by atoms with Gasteiger partial charge in [0, 0.05) is 13.0 Å². The van der Waals surface area contributed by atoms with E-state index in [0.29, 0.717) is 11.5 Å². The van der Waals surface area contributed by atoms with Crippen molar-refractivity contribution in [1.82, 2.24) is 5.32 Å². The first-order valence-electron chi connectivity index (χ1n) is 6.78. The van der Waals surface area contributed by atoms with Crippen molar-refractivity contribution < 1.29 is 13.2 Å². The first-order valence-corrected chi connectivity index (χ1v) is 8.60. The van der Waals surface area contributed by atoms with Gasteiger partial charge >= 0.3 is 0 Å². The van der Waals surface area contributed by atoms with Crippen LogP contribution in [0.4, 0.5) is 0 Å². The molecule has 104 valence electrons. The van der Waals surface area contributed by atoms with Crippen LogP contribution in [0.3, 0.4) is 0 Å². The average Bonchev–Trinajstić information content (AvgIpc) is 2.95. The molecule has 1 aromatic rings. The summed E-state index contributed by atoms with van der Waals surface area (Å²) in [7, 11) is -2.76. The van der Waals surface area contributed by atoms with Gasteiger partial charge in [-0.2, -0.15) is 0 Å². The molecule has 0 spiro atoms. The summed E-state index contributed by atoms with van der Waals surface area (Å²) < 4.78 is 28.2. The maximum Gasteiger partial charge on any atom is 0.150 e. The van der Waals surface area contributed by atoms with Crippen LogP contribution in [0, 0.1) is 5.92 Å². The van der Waals surface area contributed by atoms with E-state index in [2.05, 4.69) is 17.4 Å². The summed E-state index contributed by atoms with van der Waals surface area (Å²) in [6.45, 7) is 2.36. The maximum atomic E-state index is 11.4. The number of fused-ring (bicyclic) bond motifs is 1. The van der Waals surface area contributed by atoms with Gasteiger partial charge in [0.1, 0.15) is 5.75 Å². The van der Waals surface area contributed by atoms with Gasteiger partial charge in [0.2, 0.25) is 0 Å². The summed E-state index contributed by atoms with van der Waals surface area (Å²) in [4.78, 5) is 0. The van der Waals surface area contributed by atoms with E-state index in [9.17, 15) is 8.42 Å². The van der Waals surface area contributed by atoms with Gasteiger partial charge in [-0.05, 0) is 36.1 Å². The molecule has 2 heterocycles. The van der Waals surface area contributed by atoms with E-state index < -0.39 is 9.84 Å². The van der Waals surface area contributed by atoms with Crippen LogP contribution in [-0.2, 0) is 22.8 Å². The number of rotatable bonds is 4. The third kappa shape index (κ3) is 3.09. The lowest BCUT2D eigenvalue weighted by molar-refractivity contribution is 0.357. The van der Waals surface area contributed by atoms with E-state index in [1.54, 1.807) is 0 Å². The molecule has 1 unspecified atom stereocenters. The minimum Gasteiger partial charge on any atom is -0.493 e. The zero-order valence-electron chi connectivity index (χ0n) is 10.9. The van der Waals surface area contributed by atoms with Crippen molar-refractivity contribution in [3.63, 3.8) is 0 Å². The van der Waals surface area contributed by atoms with E-state index >= 15 is 0 Å². The number of nitrogens with one attached hydrogen (secondary N) is 1. The zero-order valence-corrected chi connectivity index (χ0v) is 11.7. The fourth-order valence-electron chi connectivity index (χ4n) is 2.80. The van der Waals surface area contributed by atoms with Crippen LogP contribution in [0.2, 0.25) is 0 Å². The topological polar surface area (TPSA) is 55.4 Å². The predicted octanol–water partition coefficient (Wildman–Crippen LogP) is 1.15. The Labute approximate surface area is 114 Å². The van der Waals surface area contributed by atoms with Crippen LogP contribution in [0.25, 0.3) is 0 Å². The molecule has 0 aromatic heterocycles.